The predicted molar refractivity (Wildman–Crippen MR) is 85.2 cm³/mol. The Morgan fingerprint density at radius 3 is 2.86 bits per heavy atom. The van der Waals surface area contributed by atoms with Crippen molar-refractivity contribution in [2.24, 2.45) is 5.73 Å². The highest BCUT2D eigenvalue weighted by Gasteiger charge is 2.40. The summed E-state index contributed by atoms with van der Waals surface area (Å²) in [6.45, 7) is 10.1. The molecule has 4 heteroatoms. The zero-order valence-electron chi connectivity index (χ0n) is 13.6. The van der Waals surface area contributed by atoms with Gasteiger partial charge in [-0.1, -0.05) is 6.92 Å². The van der Waals surface area contributed by atoms with Crippen LogP contribution in [0.15, 0.2) is 16.5 Å². The van der Waals surface area contributed by atoms with Crippen LogP contribution in [0.1, 0.15) is 50.7 Å². The first-order valence-electron chi connectivity index (χ1n) is 8.42. The molecule has 3 heterocycles. The first kappa shape index (κ1) is 15.1. The van der Waals surface area contributed by atoms with Crippen LogP contribution in [0.4, 0.5) is 0 Å². The quantitative estimate of drug-likeness (QED) is 0.926. The SMILES string of the molecule is CCC(N)C(c1ccc(C)o1)N1CC2CCCN2CC1C. The second-order valence-corrected chi connectivity index (χ2v) is 6.80. The van der Waals surface area contributed by atoms with Gasteiger partial charge in [-0.2, -0.15) is 0 Å². The molecule has 1 aromatic heterocycles. The molecule has 3 rings (SSSR count). The summed E-state index contributed by atoms with van der Waals surface area (Å²) < 4.78 is 5.95. The lowest BCUT2D eigenvalue weighted by atomic mass is 9.97. The summed E-state index contributed by atoms with van der Waals surface area (Å²) in [4.78, 5) is 5.25. The van der Waals surface area contributed by atoms with E-state index in [1.807, 2.05) is 6.92 Å². The number of fused-ring (bicyclic) bond motifs is 1. The van der Waals surface area contributed by atoms with E-state index in [1.54, 1.807) is 0 Å². The average Bonchev–Trinajstić information content (AvgIpc) is 3.08. The standard InChI is InChI=1S/C17H29N3O/c1-4-15(18)17(16-8-7-13(3)21-16)20-11-14-6-5-9-19(14)10-12(20)2/h7-8,12,14-15,17H,4-6,9-11,18H2,1-3H3. The maximum Gasteiger partial charge on any atom is 0.122 e. The van der Waals surface area contributed by atoms with E-state index in [0.717, 1.165) is 31.0 Å². The Morgan fingerprint density at radius 1 is 1.38 bits per heavy atom. The number of nitrogens with zero attached hydrogens (tertiary/aromatic N) is 2. The second-order valence-electron chi connectivity index (χ2n) is 6.80. The monoisotopic (exact) mass is 291 g/mol. The molecule has 4 nitrogen and oxygen atoms in total. The fourth-order valence-corrected chi connectivity index (χ4v) is 4.05. The molecule has 118 valence electrons. The van der Waals surface area contributed by atoms with Gasteiger partial charge in [0.1, 0.15) is 11.5 Å². The average molecular weight is 291 g/mol. The van der Waals surface area contributed by atoms with Gasteiger partial charge in [-0.15, -0.1) is 0 Å². The highest BCUT2D eigenvalue weighted by Crippen LogP contribution is 2.34. The Kier molecular flexibility index (Phi) is 4.38. The van der Waals surface area contributed by atoms with Gasteiger partial charge < -0.3 is 10.2 Å². The highest BCUT2D eigenvalue weighted by atomic mass is 16.3. The Morgan fingerprint density at radius 2 is 2.19 bits per heavy atom. The smallest absolute Gasteiger partial charge is 0.122 e. The minimum Gasteiger partial charge on any atom is -0.465 e. The van der Waals surface area contributed by atoms with Gasteiger partial charge in [-0.3, -0.25) is 9.80 Å². The summed E-state index contributed by atoms with van der Waals surface area (Å²) in [5, 5.41) is 0. The molecule has 4 unspecified atom stereocenters. The van der Waals surface area contributed by atoms with E-state index in [9.17, 15) is 0 Å². The van der Waals surface area contributed by atoms with Crippen LogP contribution >= 0.6 is 0 Å². The van der Waals surface area contributed by atoms with Gasteiger partial charge in [-0.05, 0) is 51.8 Å². The molecule has 1 aromatic rings. The van der Waals surface area contributed by atoms with E-state index in [2.05, 4.69) is 35.8 Å². The van der Waals surface area contributed by atoms with E-state index in [0.29, 0.717) is 12.1 Å². The van der Waals surface area contributed by atoms with Crippen LogP contribution in [0.2, 0.25) is 0 Å². The molecule has 2 N–H and O–H groups in total. The topological polar surface area (TPSA) is 45.6 Å². The number of furan rings is 1. The molecule has 2 saturated heterocycles. The molecule has 21 heavy (non-hydrogen) atoms. The maximum atomic E-state index is 6.47. The summed E-state index contributed by atoms with van der Waals surface area (Å²) in [7, 11) is 0. The summed E-state index contributed by atoms with van der Waals surface area (Å²) in [6.07, 6.45) is 3.64. The van der Waals surface area contributed by atoms with Crippen LogP contribution in [0.5, 0.6) is 0 Å². The molecule has 0 aromatic carbocycles. The fourth-order valence-electron chi connectivity index (χ4n) is 4.05. The third kappa shape index (κ3) is 2.89. The Bertz CT molecular complexity index is 472. The molecule has 0 saturated carbocycles. The molecule has 0 bridgehead atoms. The highest BCUT2D eigenvalue weighted by molar-refractivity contribution is 5.13. The van der Waals surface area contributed by atoms with Gasteiger partial charge in [0, 0.05) is 31.2 Å². The lowest BCUT2D eigenvalue weighted by molar-refractivity contribution is 0.0111. The summed E-state index contributed by atoms with van der Waals surface area (Å²) in [5.41, 5.74) is 6.47. The minimum atomic E-state index is 0.131. The molecular weight excluding hydrogens is 262 g/mol. The van der Waals surface area contributed by atoms with Crippen molar-refractivity contribution in [1.82, 2.24) is 9.80 Å². The molecule has 0 spiro atoms. The van der Waals surface area contributed by atoms with Gasteiger partial charge >= 0.3 is 0 Å². The third-order valence-electron chi connectivity index (χ3n) is 5.27. The molecule has 2 fully saturated rings. The van der Waals surface area contributed by atoms with Crippen LogP contribution in [0.25, 0.3) is 0 Å². The normalized spacial score (nSPS) is 30.3. The molecule has 4 atom stereocenters. The molecule has 0 aliphatic carbocycles. The van der Waals surface area contributed by atoms with Gasteiger partial charge in [0.25, 0.3) is 0 Å². The van der Waals surface area contributed by atoms with Crippen molar-refractivity contribution in [3.63, 3.8) is 0 Å². The van der Waals surface area contributed by atoms with Crippen molar-refractivity contribution < 1.29 is 4.42 Å². The van der Waals surface area contributed by atoms with Crippen LogP contribution in [0.3, 0.4) is 0 Å². The van der Waals surface area contributed by atoms with E-state index < -0.39 is 0 Å². The predicted octanol–water partition coefficient (Wildman–Crippen LogP) is 2.53. The first-order chi connectivity index (χ1) is 10.1. The number of piperazine rings is 1. The Labute approximate surface area is 128 Å². The summed E-state index contributed by atoms with van der Waals surface area (Å²) >= 11 is 0. The summed E-state index contributed by atoms with van der Waals surface area (Å²) in [6, 6.07) is 5.76. The van der Waals surface area contributed by atoms with Crippen molar-refractivity contribution in [3.05, 3.63) is 23.7 Å². The van der Waals surface area contributed by atoms with Crippen molar-refractivity contribution in [1.29, 1.82) is 0 Å². The number of rotatable bonds is 4. The molecule has 0 radical (unpaired) electrons. The molecule has 2 aliphatic heterocycles. The van der Waals surface area contributed by atoms with Gasteiger partial charge in [0.05, 0.1) is 6.04 Å². The Balaban J connectivity index is 1.85. The number of hydrogen-bond acceptors (Lipinski definition) is 4. The van der Waals surface area contributed by atoms with Gasteiger partial charge in [-0.25, -0.2) is 0 Å². The second kappa shape index (κ2) is 6.11. The van der Waals surface area contributed by atoms with Crippen molar-refractivity contribution in [3.8, 4) is 0 Å². The van der Waals surface area contributed by atoms with Crippen molar-refractivity contribution >= 4 is 0 Å². The Hall–Kier alpha value is -0.840. The third-order valence-corrected chi connectivity index (χ3v) is 5.27. The molecular formula is C17H29N3O. The van der Waals surface area contributed by atoms with Crippen molar-refractivity contribution in [2.45, 2.75) is 64.2 Å². The van der Waals surface area contributed by atoms with E-state index in [1.165, 1.54) is 19.4 Å². The van der Waals surface area contributed by atoms with E-state index in [4.69, 9.17) is 10.2 Å². The first-order valence-corrected chi connectivity index (χ1v) is 8.42. The number of aryl methyl sites for hydroxylation is 1. The molecule has 0 amide bonds. The lowest BCUT2D eigenvalue weighted by Crippen LogP contribution is -2.58. The molecule has 2 aliphatic rings. The van der Waals surface area contributed by atoms with E-state index in [-0.39, 0.29) is 12.1 Å². The zero-order chi connectivity index (χ0) is 15.0. The number of hydrogen-bond donors (Lipinski definition) is 1. The zero-order valence-corrected chi connectivity index (χ0v) is 13.6. The minimum absolute atomic E-state index is 0.131. The summed E-state index contributed by atoms with van der Waals surface area (Å²) in [5.74, 6) is 2.02. The van der Waals surface area contributed by atoms with Crippen LogP contribution in [-0.2, 0) is 0 Å². The van der Waals surface area contributed by atoms with Crippen molar-refractivity contribution in [2.75, 3.05) is 19.6 Å². The van der Waals surface area contributed by atoms with Crippen LogP contribution < -0.4 is 5.73 Å². The largest absolute Gasteiger partial charge is 0.465 e. The van der Waals surface area contributed by atoms with Crippen LogP contribution in [-0.4, -0.2) is 47.6 Å². The maximum absolute atomic E-state index is 6.47. The van der Waals surface area contributed by atoms with E-state index >= 15 is 0 Å². The van der Waals surface area contributed by atoms with Crippen LogP contribution in [0, 0.1) is 6.92 Å². The number of nitrogens with two attached hydrogens (primary N) is 1. The van der Waals surface area contributed by atoms with Gasteiger partial charge in [0.2, 0.25) is 0 Å². The van der Waals surface area contributed by atoms with Gasteiger partial charge in [0.15, 0.2) is 0 Å². The lowest BCUT2D eigenvalue weighted by Gasteiger charge is -2.46. The fraction of sp³-hybridized carbons (Fsp3) is 0.765.